The Morgan fingerprint density at radius 3 is 1.32 bits per heavy atom. The highest BCUT2D eigenvalue weighted by molar-refractivity contribution is 9.10. The van der Waals surface area contributed by atoms with Crippen molar-refractivity contribution in [3.63, 3.8) is 0 Å². The van der Waals surface area contributed by atoms with Crippen LogP contribution in [0.1, 0.15) is 48.4 Å². The summed E-state index contributed by atoms with van der Waals surface area (Å²) in [7, 11) is -0.520. The van der Waals surface area contributed by atoms with E-state index < -0.39 is 64.5 Å². The number of carbonyl (C=O) groups is 2. The Morgan fingerprint density at radius 1 is 0.614 bits per heavy atom. The molecule has 0 bridgehead atoms. The Bertz CT molecular complexity index is 1610. The summed E-state index contributed by atoms with van der Waals surface area (Å²) in [5.74, 6) is -5.24. The van der Waals surface area contributed by atoms with Crippen molar-refractivity contribution in [2.45, 2.75) is 38.9 Å². The van der Waals surface area contributed by atoms with Gasteiger partial charge in [0.25, 0.3) is 11.8 Å². The van der Waals surface area contributed by atoms with Gasteiger partial charge in [-0.15, -0.1) is 0 Å². The average Bonchev–Trinajstić information content (AvgIpc) is 3.17. The van der Waals surface area contributed by atoms with Gasteiger partial charge < -0.3 is 19.9 Å². The van der Waals surface area contributed by atoms with Crippen LogP contribution in [-0.4, -0.2) is 30.1 Å². The SMILES string of the molecule is CC1(C)OB(c2ccc(NC(=O)c3c(F)cccc3F)cc2)OC1(C)C.O=C(Nc1ccc(Br)cc1)c1c(F)cccc1F. The van der Waals surface area contributed by atoms with Gasteiger partial charge in [0.2, 0.25) is 0 Å². The van der Waals surface area contributed by atoms with Gasteiger partial charge in [-0.25, -0.2) is 17.6 Å². The maximum atomic E-state index is 13.7. The summed E-state index contributed by atoms with van der Waals surface area (Å²) in [6.07, 6.45) is 0. The molecule has 0 saturated carbocycles. The first-order valence-corrected chi connectivity index (χ1v) is 14.2. The van der Waals surface area contributed by atoms with E-state index in [0.29, 0.717) is 11.4 Å². The van der Waals surface area contributed by atoms with Gasteiger partial charge in [-0.3, -0.25) is 9.59 Å². The second kappa shape index (κ2) is 13.3. The van der Waals surface area contributed by atoms with Crippen LogP contribution in [0.4, 0.5) is 28.9 Å². The van der Waals surface area contributed by atoms with E-state index in [4.69, 9.17) is 9.31 Å². The molecule has 228 valence electrons. The molecule has 4 aromatic rings. The van der Waals surface area contributed by atoms with Crippen LogP contribution < -0.4 is 16.1 Å². The Kier molecular flexibility index (Phi) is 9.97. The largest absolute Gasteiger partial charge is 0.494 e. The van der Waals surface area contributed by atoms with Crippen LogP contribution in [-0.2, 0) is 9.31 Å². The lowest BCUT2D eigenvalue weighted by Gasteiger charge is -2.32. The van der Waals surface area contributed by atoms with Gasteiger partial charge in [-0.1, -0.05) is 40.2 Å². The minimum Gasteiger partial charge on any atom is -0.399 e. The number of hydrogen-bond acceptors (Lipinski definition) is 4. The van der Waals surface area contributed by atoms with Crippen LogP contribution in [0.3, 0.4) is 0 Å². The topological polar surface area (TPSA) is 76.7 Å². The number of amides is 2. The Labute approximate surface area is 261 Å². The summed E-state index contributed by atoms with van der Waals surface area (Å²) >= 11 is 3.25. The number of carbonyl (C=O) groups excluding carboxylic acids is 2. The van der Waals surface area contributed by atoms with E-state index in [2.05, 4.69) is 26.6 Å². The highest BCUT2D eigenvalue weighted by atomic mass is 79.9. The van der Waals surface area contributed by atoms with Crippen LogP contribution in [0.15, 0.2) is 89.4 Å². The number of nitrogens with one attached hydrogen (secondary N) is 2. The first-order chi connectivity index (χ1) is 20.7. The normalized spacial score (nSPS) is 14.8. The quantitative estimate of drug-likeness (QED) is 0.170. The van der Waals surface area contributed by atoms with E-state index in [0.717, 1.165) is 34.2 Å². The third kappa shape index (κ3) is 7.55. The van der Waals surface area contributed by atoms with Crippen molar-refractivity contribution < 1.29 is 36.5 Å². The summed E-state index contributed by atoms with van der Waals surface area (Å²) < 4.78 is 66.9. The van der Waals surface area contributed by atoms with Gasteiger partial charge in [0, 0.05) is 15.8 Å². The molecule has 1 saturated heterocycles. The molecule has 2 N–H and O–H groups in total. The summed E-state index contributed by atoms with van der Waals surface area (Å²) in [6, 6.07) is 20.0. The summed E-state index contributed by atoms with van der Waals surface area (Å²) in [4.78, 5) is 23.9. The molecule has 0 atom stereocenters. The van der Waals surface area contributed by atoms with Gasteiger partial charge in [-0.2, -0.15) is 0 Å². The molecule has 0 radical (unpaired) electrons. The summed E-state index contributed by atoms with van der Waals surface area (Å²) in [6.45, 7) is 7.85. The number of benzene rings is 4. The molecule has 44 heavy (non-hydrogen) atoms. The predicted octanol–water partition coefficient (Wildman–Crippen LogP) is 7.50. The second-order valence-electron chi connectivity index (χ2n) is 10.8. The zero-order chi connectivity index (χ0) is 32.2. The van der Waals surface area contributed by atoms with E-state index in [1.54, 1.807) is 48.5 Å². The molecule has 4 aromatic carbocycles. The van der Waals surface area contributed by atoms with Crippen LogP contribution in [0.25, 0.3) is 0 Å². The van der Waals surface area contributed by atoms with Crippen molar-refractivity contribution >= 4 is 51.7 Å². The second-order valence-corrected chi connectivity index (χ2v) is 11.7. The van der Waals surface area contributed by atoms with Gasteiger partial charge in [0.15, 0.2) is 0 Å². The van der Waals surface area contributed by atoms with Gasteiger partial charge in [0.1, 0.15) is 34.4 Å². The van der Waals surface area contributed by atoms with Gasteiger partial charge in [0.05, 0.1) is 11.2 Å². The molecule has 1 aliphatic heterocycles. The standard InChI is InChI=1S/C19H20BF2NO3.C13H8BrF2NO/c1-18(2)19(3,4)26-20(25-18)12-8-10-13(11-9-12)23-17(24)16-14(21)6-5-7-15(16)22;14-8-4-6-9(7-5-8)17-13(18)12-10(15)2-1-3-11(12)16/h5-11H,1-4H3,(H,23,24);1-7H,(H,17,18). The molecular weight excluding hydrogens is 643 g/mol. The molecular formula is C32H28BBrF4N2O4. The maximum Gasteiger partial charge on any atom is 0.494 e. The molecule has 2 amide bonds. The fraction of sp³-hybridized carbons (Fsp3) is 0.188. The lowest BCUT2D eigenvalue weighted by atomic mass is 9.79. The average molecular weight is 671 g/mol. The highest BCUT2D eigenvalue weighted by Crippen LogP contribution is 2.36. The molecule has 6 nitrogen and oxygen atoms in total. The van der Waals surface area contributed by atoms with Gasteiger partial charge in [-0.05, 0) is 93.8 Å². The molecule has 0 unspecified atom stereocenters. The monoisotopic (exact) mass is 670 g/mol. The van der Waals surface area contributed by atoms with Crippen LogP contribution in [0.5, 0.6) is 0 Å². The molecule has 0 aliphatic carbocycles. The van der Waals surface area contributed by atoms with E-state index >= 15 is 0 Å². The van der Waals surface area contributed by atoms with Crippen LogP contribution in [0, 0.1) is 23.3 Å². The third-order valence-corrected chi connectivity index (χ3v) is 7.70. The van der Waals surface area contributed by atoms with E-state index in [-0.39, 0.29) is 0 Å². The van der Waals surface area contributed by atoms with Crippen molar-refractivity contribution in [2.75, 3.05) is 10.6 Å². The molecule has 1 fully saturated rings. The third-order valence-electron chi connectivity index (χ3n) is 7.18. The number of hydrogen-bond donors (Lipinski definition) is 2. The minimum absolute atomic E-state index is 0.415. The molecule has 5 rings (SSSR count). The first-order valence-electron chi connectivity index (χ1n) is 13.4. The first kappa shape index (κ1) is 32.9. The van der Waals surface area contributed by atoms with E-state index in [9.17, 15) is 27.2 Å². The Morgan fingerprint density at radius 2 is 0.955 bits per heavy atom. The van der Waals surface area contributed by atoms with E-state index in [1.807, 2.05) is 27.7 Å². The fourth-order valence-corrected chi connectivity index (χ4v) is 4.32. The van der Waals surface area contributed by atoms with Crippen molar-refractivity contribution in [3.05, 3.63) is 124 Å². The number of anilines is 2. The zero-order valence-electron chi connectivity index (χ0n) is 24.2. The molecule has 1 heterocycles. The summed E-state index contributed by atoms with van der Waals surface area (Å²) in [5.41, 5.74) is -0.426. The van der Waals surface area contributed by atoms with E-state index in [1.165, 1.54) is 12.1 Å². The zero-order valence-corrected chi connectivity index (χ0v) is 25.8. The molecule has 0 aromatic heterocycles. The predicted molar refractivity (Wildman–Crippen MR) is 165 cm³/mol. The Balaban J connectivity index is 0.000000215. The van der Waals surface area contributed by atoms with Crippen molar-refractivity contribution in [1.29, 1.82) is 0 Å². The minimum atomic E-state index is -0.906. The molecule has 0 spiro atoms. The number of halogens is 5. The molecule has 1 aliphatic rings. The Hall–Kier alpha value is -4.00. The highest BCUT2D eigenvalue weighted by Gasteiger charge is 2.51. The fourth-order valence-electron chi connectivity index (χ4n) is 4.05. The van der Waals surface area contributed by atoms with Crippen molar-refractivity contribution in [1.82, 2.24) is 0 Å². The van der Waals surface area contributed by atoms with Crippen molar-refractivity contribution in [2.24, 2.45) is 0 Å². The number of rotatable bonds is 5. The molecule has 12 heteroatoms. The van der Waals surface area contributed by atoms with Crippen LogP contribution in [0.2, 0.25) is 0 Å². The van der Waals surface area contributed by atoms with Crippen LogP contribution >= 0.6 is 15.9 Å². The van der Waals surface area contributed by atoms with Crippen molar-refractivity contribution in [3.8, 4) is 0 Å². The smallest absolute Gasteiger partial charge is 0.399 e. The summed E-state index contributed by atoms with van der Waals surface area (Å²) in [5, 5.41) is 4.92. The lowest BCUT2D eigenvalue weighted by molar-refractivity contribution is 0.00578. The lowest BCUT2D eigenvalue weighted by Crippen LogP contribution is -2.41. The van der Waals surface area contributed by atoms with Gasteiger partial charge >= 0.3 is 7.12 Å². The maximum absolute atomic E-state index is 13.7.